The Morgan fingerprint density at radius 3 is 2.93 bits per heavy atom. The van der Waals surface area contributed by atoms with Gasteiger partial charge in [0.15, 0.2) is 0 Å². The molecule has 1 aromatic carbocycles. The van der Waals surface area contributed by atoms with Crippen LogP contribution in [-0.4, -0.2) is 38.9 Å². The number of rotatable bonds is 2. The Morgan fingerprint density at radius 2 is 2.14 bits per heavy atom. The van der Waals surface area contributed by atoms with Crippen molar-refractivity contribution in [2.24, 2.45) is 10.9 Å². The van der Waals surface area contributed by atoms with Gasteiger partial charge in [0.1, 0.15) is 5.70 Å². The summed E-state index contributed by atoms with van der Waals surface area (Å²) in [4.78, 5) is 22.1. The van der Waals surface area contributed by atoms with Crippen LogP contribution in [0, 0.1) is 5.92 Å². The summed E-state index contributed by atoms with van der Waals surface area (Å²) in [6.45, 7) is 0. The van der Waals surface area contributed by atoms with E-state index >= 15 is 0 Å². The SMILES string of the molecule is O=C1/C(=C/c2ccc3ncsc3c2)NC(=NC23CC4CC(C2)OC(C4)C3)N1S. The van der Waals surface area contributed by atoms with Crippen LogP contribution in [0.2, 0.25) is 0 Å². The molecule has 1 amide bonds. The van der Waals surface area contributed by atoms with E-state index in [-0.39, 0.29) is 11.4 Å². The summed E-state index contributed by atoms with van der Waals surface area (Å²) in [5, 5.41) is 3.21. The number of fused-ring (bicyclic) bond motifs is 1. The van der Waals surface area contributed by atoms with Gasteiger partial charge in [0.2, 0.25) is 5.96 Å². The summed E-state index contributed by atoms with van der Waals surface area (Å²) >= 11 is 6.01. The maximum Gasteiger partial charge on any atom is 0.287 e. The number of thiazole rings is 1. The minimum atomic E-state index is -0.174. The number of ether oxygens (including phenoxy) is 1. The van der Waals surface area contributed by atoms with Crippen LogP contribution in [0.5, 0.6) is 0 Å². The second kappa shape index (κ2) is 6.05. The second-order valence-corrected chi connectivity index (χ2v) is 9.66. The summed E-state index contributed by atoms with van der Waals surface area (Å²) in [7, 11) is 0. The van der Waals surface area contributed by atoms with E-state index in [0.29, 0.717) is 29.8 Å². The highest BCUT2D eigenvalue weighted by Crippen LogP contribution is 2.52. The number of hydrogen-bond acceptors (Lipinski definition) is 6. The quantitative estimate of drug-likeness (QED) is 0.586. The van der Waals surface area contributed by atoms with Crippen molar-refractivity contribution in [1.29, 1.82) is 0 Å². The van der Waals surface area contributed by atoms with Crippen molar-refractivity contribution in [3.05, 3.63) is 35.0 Å². The van der Waals surface area contributed by atoms with Gasteiger partial charge in [-0.05, 0) is 61.8 Å². The lowest BCUT2D eigenvalue weighted by atomic mass is 9.63. The van der Waals surface area contributed by atoms with Crippen LogP contribution in [0.15, 0.2) is 34.4 Å². The molecule has 3 saturated heterocycles. The molecular formula is C20H20N4O2S2. The van der Waals surface area contributed by atoms with Crippen LogP contribution in [0.4, 0.5) is 0 Å². The van der Waals surface area contributed by atoms with Gasteiger partial charge in [-0.2, -0.15) is 0 Å². The Labute approximate surface area is 172 Å². The highest BCUT2D eigenvalue weighted by Gasteiger charge is 2.52. The number of nitrogens with one attached hydrogen (secondary N) is 1. The molecular weight excluding hydrogens is 392 g/mol. The van der Waals surface area contributed by atoms with Gasteiger partial charge < -0.3 is 10.1 Å². The first-order valence-corrected chi connectivity index (χ1v) is 11.0. The van der Waals surface area contributed by atoms with Gasteiger partial charge in [-0.3, -0.25) is 4.79 Å². The van der Waals surface area contributed by atoms with Crippen molar-refractivity contribution in [1.82, 2.24) is 14.6 Å². The van der Waals surface area contributed by atoms with Crippen molar-refractivity contribution >= 4 is 52.3 Å². The molecule has 6 nitrogen and oxygen atoms in total. The van der Waals surface area contributed by atoms with Gasteiger partial charge in [0.05, 0.1) is 33.5 Å². The van der Waals surface area contributed by atoms with Crippen molar-refractivity contribution in [3.63, 3.8) is 0 Å². The molecule has 0 radical (unpaired) electrons. The molecule has 4 heterocycles. The number of thiol groups is 1. The monoisotopic (exact) mass is 412 g/mol. The van der Waals surface area contributed by atoms with Gasteiger partial charge in [-0.25, -0.2) is 14.3 Å². The Kier molecular flexibility index (Phi) is 3.67. The van der Waals surface area contributed by atoms with E-state index in [2.05, 4.69) is 23.1 Å². The van der Waals surface area contributed by atoms with Gasteiger partial charge >= 0.3 is 0 Å². The third-order valence-corrected chi connectivity index (χ3v) is 7.50. The standard InChI is InChI=1S/C20H20N4O2S2/c25-18-16(5-11-1-2-15-17(6-11)28-10-21-15)22-19(24(18)27)23-20-7-12-3-13(8-20)26-14(4-12)9-20/h1-2,5-6,10,12-14,27H,3-4,7-9H2,(H,22,23)/b16-5-. The Morgan fingerprint density at radius 1 is 1.32 bits per heavy atom. The van der Waals surface area contributed by atoms with Crippen molar-refractivity contribution in [3.8, 4) is 0 Å². The Balaban J connectivity index is 1.31. The van der Waals surface area contributed by atoms with Crippen LogP contribution < -0.4 is 5.32 Å². The van der Waals surface area contributed by atoms with E-state index in [4.69, 9.17) is 9.73 Å². The van der Waals surface area contributed by atoms with E-state index < -0.39 is 0 Å². The van der Waals surface area contributed by atoms with E-state index in [9.17, 15) is 4.79 Å². The molecule has 0 spiro atoms. The number of benzene rings is 1. The lowest BCUT2D eigenvalue weighted by molar-refractivity contribution is -0.161. The molecule has 5 fully saturated rings. The van der Waals surface area contributed by atoms with Crippen molar-refractivity contribution in [2.45, 2.75) is 49.9 Å². The summed E-state index contributed by atoms with van der Waals surface area (Å²) in [5.41, 5.74) is 4.14. The average molecular weight is 413 g/mol. The minimum Gasteiger partial charge on any atom is -0.375 e. The fraction of sp³-hybridized carbons (Fsp3) is 0.450. The summed E-state index contributed by atoms with van der Waals surface area (Å²) in [5.74, 6) is 1.06. The molecule has 4 bridgehead atoms. The molecule has 28 heavy (non-hydrogen) atoms. The first kappa shape index (κ1) is 17.0. The van der Waals surface area contributed by atoms with Crippen LogP contribution >= 0.6 is 24.2 Å². The smallest absolute Gasteiger partial charge is 0.287 e. The van der Waals surface area contributed by atoms with Crippen LogP contribution in [-0.2, 0) is 9.53 Å². The number of guanidine groups is 1. The number of aliphatic imine (C=N–C) groups is 1. The zero-order chi connectivity index (χ0) is 18.9. The molecule has 2 atom stereocenters. The molecule has 8 heteroatoms. The van der Waals surface area contributed by atoms with Gasteiger partial charge in [0.25, 0.3) is 5.91 Å². The fourth-order valence-electron chi connectivity index (χ4n) is 5.39. The summed E-state index contributed by atoms with van der Waals surface area (Å²) < 4.78 is 8.53. The second-order valence-electron chi connectivity index (χ2n) is 8.37. The van der Waals surface area contributed by atoms with E-state index in [0.717, 1.165) is 47.9 Å². The molecule has 2 aliphatic carbocycles. The number of carbonyl (C=O) groups is 1. The Bertz CT molecular complexity index is 1010. The zero-order valence-electron chi connectivity index (χ0n) is 15.2. The fourth-order valence-corrected chi connectivity index (χ4v) is 6.32. The maximum absolute atomic E-state index is 12.7. The molecule has 1 N–H and O–H groups in total. The maximum atomic E-state index is 12.7. The molecule has 7 rings (SSSR count). The average Bonchev–Trinajstić information content (AvgIpc) is 3.21. The topological polar surface area (TPSA) is 66.8 Å². The summed E-state index contributed by atoms with van der Waals surface area (Å²) in [6, 6.07) is 5.99. The number of carbonyl (C=O) groups excluding carboxylic acids is 1. The van der Waals surface area contributed by atoms with Gasteiger partial charge in [0, 0.05) is 0 Å². The van der Waals surface area contributed by atoms with Crippen LogP contribution in [0.3, 0.4) is 0 Å². The number of nitrogens with zero attached hydrogens (tertiary/aromatic N) is 3. The van der Waals surface area contributed by atoms with Crippen molar-refractivity contribution < 1.29 is 9.53 Å². The predicted molar refractivity (Wildman–Crippen MR) is 112 cm³/mol. The molecule has 2 saturated carbocycles. The molecule has 3 aliphatic heterocycles. The van der Waals surface area contributed by atoms with E-state index in [1.807, 2.05) is 29.8 Å². The first-order chi connectivity index (χ1) is 13.6. The third-order valence-electron chi connectivity index (χ3n) is 6.34. The normalized spacial score (nSPS) is 36.8. The number of aromatic nitrogens is 1. The number of hydrogen-bond donors (Lipinski definition) is 2. The van der Waals surface area contributed by atoms with Gasteiger partial charge in [-0.1, -0.05) is 18.9 Å². The largest absolute Gasteiger partial charge is 0.375 e. The van der Waals surface area contributed by atoms with E-state index in [1.165, 1.54) is 4.31 Å². The molecule has 1 aromatic heterocycles. The molecule has 2 aromatic rings. The van der Waals surface area contributed by atoms with Crippen molar-refractivity contribution in [2.75, 3.05) is 0 Å². The van der Waals surface area contributed by atoms with Crippen LogP contribution in [0.1, 0.15) is 37.7 Å². The highest BCUT2D eigenvalue weighted by atomic mass is 32.1. The Hall–Kier alpha value is -1.90. The van der Waals surface area contributed by atoms with Gasteiger partial charge in [-0.15, -0.1) is 11.3 Å². The van der Waals surface area contributed by atoms with Crippen LogP contribution in [0.25, 0.3) is 16.3 Å². The molecule has 2 unspecified atom stereocenters. The first-order valence-electron chi connectivity index (χ1n) is 9.68. The predicted octanol–water partition coefficient (Wildman–Crippen LogP) is 3.37. The minimum absolute atomic E-state index is 0.116. The lowest BCUT2D eigenvalue weighted by Gasteiger charge is -2.54. The third kappa shape index (κ3) is 2.69. The summed E-state index contributed by atoms with van der Waals surface area (Å²) in [6.07, 6.45) is 7.80. The molecule has 5 aliphatic rings. The lowest BCUT2D eigenvalue weighted by Crippen LogP contribution is -2.55. The molecule has 144 valence electrons. The highest BCUT2D eigenvalue weighted by molar-refractivity contribution is 7.79. The van der Waals surface area contributed by atoms with E-state index in [1.54, 1.807) is 11.3 Å². The zero-order valence-corrected chi connectivity index (χ0v) is 16.9. The number of amides is 1.